The Kier molecular flexibility index (Phi) is 2.84. The van der Waals surface area contributed by atoms with Gasteiger partial charge in [0.25, 0.3) is 0 Å². The molecule has 1 aliphatic rings. The highest BCUT2D eigenvalue weighted by Gasteiger charge is 2.11. The maximum absolute atomic E-state index is 5.60. The van der Waals surface area contributed by atoms with Crippen LogP contribution in [0.2, 0.25) is 0 Å². The lowest BCUT2D eigenvalue weighted by molar-refractivity contribution is 0.288. The number of anilines is 1. The van der Waals surface area contributed by atoms with Crippen molar-refractivity contribution in [1.82, 2.24) is 10.2 Å². The number of benzene rings is 1. The van der Waals surface area contributed by atoms with Gasteiger partial charge in [-0.3, -0.25) is 0 Å². The van der Waals surface area contributed by atoms with Crippen LogP contribution in [0.5, 0.6) is 5.75 Å². The molecule has 4 heteroatoms. The van der Waals surface area contributed by atoms with Gasteiger partial charge in [-0.1, -0.05) is 0 Å². The van der Waals surface area contributed by atoms with E-state index in [1.165, 1.54) is 5.56 Å². The zero-order valence-corrected chi connectivity index (χ0v) is 10.3. The average molecular weight is 241 g/mol. The fraction of sp³-hybridized carbons (Fsp3) is 0.286. The Hall–Kier alpha value is -2.10. The Morgan fingerprint density at radius 3 is 2.89 bits per heavy atom. The van der Waals surface area contributed by atoms with E-state index in [0.717, 1.165) is 42.3 Å². The largest absolute Gasteiger partial charge is 0.493 e. The molecule has 2 heterocycles. The van der Waals surface area contributed by atoms with E-state index in [0.29, 0.717) is 0 Å². The minimum absolute atomic E-state index is 0.778. The molecule has 0 saturated carbocycles. The minimum atomic E-state index is 0.778. The highest BCUT2D eigenvalue weighted by Crippen LogP contribution is 2.29. The highest BCUT2D eigenvalue weighted by molar-refractivity contribution is 5.62. The van der Waals surface area contributed by atoms with Gasteiger partial charge < -0.3 is 10.1 Å². The molecule has 0 fully saturated rings. The Morgan fingerprint density at radius 2 is 2.11 bits per heavy atom. The number of fused-ring (bicyclic) bond motifs is 1. The summed E-state index contributed by atoms with van der Waals surface area (Å²) in [6, 6.07) is 10.1. The monoisotopic (exact) mass is 241 g/mol. The van der Waals surface area contributed by atoms with Crippen molar-refractivity contribution in [2.24, 2.45) is 0 Å². The third kappa shape index (κ3) is 2.01. The molecule has 0 radical (unpaired) electrons. The maximum atomic E-state index is 5.60. The van der Waals surface area contributed by atoms with Crippen LogP contribution in [0.3, 0.4) is 0 Å². The zero-order chi connectivity index (χ0) is 12.4. The van der Waals surface area contributed by atoms with Crippen LogP contribution in [0.1, 0.15) is 12.0 Å². The molecule has 0 bridgehead atoms. The van der Waals surface area contributed by atoms with Crippen molar-refractivity contribution in [2.75, 3.05) is 19.0 Å². The number of hydrogen-bond acceptors (Lipinski definition) is 4. The first kappa shape index (κ1) is 11.0. The van der Waals surface area contributed by atoms with Crippen molar-refractivity contribution in [3.05, 3.63) is 35.9 Å². The molecule has 1 aromatic carbocycles. The Labute approximate surface area is 106 Å². The van der Waals surface area contributed by atoms with E-state index in [1.807, 2.05) is 31.3 Å². The van der Waals surface area contributed by atoms with Gasteiger partial charge in [-0.2, -0.15) is 0 Å². The van der Waals surface area contributed by atoms with E-state index < -0.39 is 0 Å². The predicted octanol–water partition coefficient (Wildman–Crippen LogP) is 2.51. The van der Waals surface area contributed by atoms with Gasteiger partial charge in [-0.05, 0) is 48.7 Å². The van der Waals surface area contributed by atoms with Crippen molar-refractivity contribution in [2.45, 2.75) is 12.8 Å². The molecule has 3 rings (SSSR count). The van der Waals surface area contributed by atoms with E-state index in [4.69, 9.17) is 4.74 Å². The molecular weight excluding hydrogens is 226 g/mol. The van der Waals surface area contributed by atoms with Crippen LogP contribution in [0.4, 0.5) is 5.82 Å². The summed E-state index contributed by atoms with van der Waals surface area (Å²) in [4.78, 5) is 0. The molecule has 0 saturated heterocycles. The first-order valence-corrected chi connectivity index (χ1v) is 6.14. The van der Waals surface area contributed by atoms with Gasteiger partial charge in [0.15, 0.2) is 0 Å². The fourth-order valence-electron chi connectivity index (χ4n) is 2.14. The number of nitrogens with zero attached hydrogens (tertiary/aromatic N) is 2. The lowest BCUT2D eigenvalue weighted by Crippen LogP contribution is -2.08. The van der Waals surface area contributed by atoms with E-state index >= 15 is 0 Å². The Balaban J connectivity index is 1.95. The summed E-state index contributed by atoms with van der Waals surface area (Å²) in [5, 5.41) is 11.3. The molecule has 1 aromatic heterocycles. The van der Waals surface area contributed by atoms with Crippen LogP contribution in [0, 0.1) is 0 Å². The highest BCUT2D eigenvalue weighted by atomic mass is 16.5. The van der Waals surface area contributed by atoms with Gasteiger partial charge in [-0.15, -0.1) is 10.2 Å². The van der Waals surface area contributed by atoms with Crippen LogP contribution in [0.25, 0.3) is 11.3 Å². The number of hydrogen-bond donors (Lipinski definition) is 1. The van der Waals surface area contributed by atoms with Gasteiger partial charge in [0.05, 0.1) is 12.3 Å². The Bertz CT molecular complexity index is 551. The van der Waals surface area contributed by atoms with Gasteiger partial charge >= 0.3 is 0 Å². The molecule has 1 N–H and O–H groups in total. The molecule has 0 unspecified atom stereocenters. The number of aryl methyl sites for hydroxylation is 1. The number of nitrogens with one attached hydrogen (secondary N) is 1. The summed E-state index contributed by atoms with van der Waals surface area (Å²) >= 11 is 0. The number of rotatable bonds is 2. The smallest absolute Gasteiger partial charge is 0.148 e. The van der Waals surface area contributed by atoms with E-state index in [-0.39, 0.29) is 0 Å². The SMILES string of the molecule is CNc1ccc(-c2ccc3c(c2)CCCO3)nn1. The first-order chi connectivity index (χ1) is 8.86. The molecule has 92 valence electrons. The number of ether oxygens (including phenoxy) is 1. The standard InChI is InChI=1S/C14H15N3O/c1-15-14-7-5-12(16-17-14)10-4-6-13-11(9-10)3-2-8-18-13/h4-7,9H,2-3,8H2,1H3,(H,15,17). The molecule has 18 heavy (non-hydrogen) atoms. The summed E-state index contributed by atoms with van der Waals surface area (Å²) in [6.45, 7) is 0.822. The lowest BCUT2D eigenvalue weighted by Gasteiger charge is -2.17. The molecule has 2 aromatic rings. The van der Waals surface area contributed by atoms with Gasteiger partial charge in [0, 0.05) is 12.6 Å². The van der Waals surface area contributed by atoms with Crippen molar-refractivity contribution in [3.63, 3.8) is 0 Å². The summed E-state index contributed by atoms with van der Waals surface area (Å²) in [7, 11) is 1.83. The maximum Gasteiger partial charge on any atom is 0.148 e. The second-order valence-electron chi connectivity index (χ2n) is 4.33. The first-order valence-electron chi connectivity index (χ1n) is 6.14. The quantitative estimate of drug-likeness (QED) is 0.877. The lowest BCUT2D eigenvalue weighted by atomic mass is 10.0. The zero-order valence-electron chi connectivity index (χ0n) is 10.3. The van der Waals surface area contributed by atoms with Crippen LogP contribution >= 0.6 is 0 Å². The Morgan fingerprint density at radius 1 is 1.17 bits per heavy atom. The third-order valence-electron chi connectivity index (χ3n) is 3.12. The normalized spacial score (nSPS) is 13.6. The molecule has 0 amide bonds. The van der Waals surface area contributed by atoms with Crippen LogP contribution in [-0.4, -0.2) is 23.9 Å². The molecule has 0 aliphatic carbocycles. The van der Waals surface area contributed by atoms with Crippen LogP contribution < -0.4 is 10.1 Å². The van der Waals surface area contributed by atoms with Gasteiger partial charge in [0.2, 0.25) is 0 Å². The summed E-state index contributed by atoms with van der Waals surface area (Å²) < 4.78 is 5.60. The fourth-order valence-corrected chi connectivity index (χ4v) is 2.14. The minimum Gasteiger partial charge on any atom is -0.493 e. The second-order valence-corrected chi connectivity index (χ2v) is 4.33. The molecule has 0 spiro atoms. The van der Waals surface area contributed by atoms with Crippen molar-refractivity contribution in [3.8, 4) is 17.0 Å². The average Bonchev–Trinajstić information content (AvgIpc) is 2.47. The van der Waals surface area contributed by atoms with Crippen LogP contribution in [-0.2, 0) is 6.42 Å². The van der Waals surface area contributed by atoms with E-state index in [9.17, 15) is 0 Å². The number of aromatic nitrogens is 2. The van der Waals surface area contributed by atoms with Crippen LogP contribution in [0.15, 0.2) is 30.3 Å². The molecular formula is C14H15N3O. The predicted molar refractivity (Wildman–Crippen MR) is 70.8 cm³/mol. The summed E-state index contributed by atoms with van der Waals surface area (Å²) in [5.74, 6) is 1.78. The van der Waals surface area contributed by atoms with Gasteiger partial charge in [0.1, 0.15) is 11.6 Å². The molecule has 1 aliphatic heterocycles. The van der Waals surface area contributed by atoms with E-state index in [1.54, 1.807) is 0 Å². The third-order valence-corrected chi connectivity index (χ3v) is 3.12. The van der Waals surface area contributed by atoms with E-state index in [2.05, 4.69) is 21.6 Å². The summed E-state index contributed by atoms with van der Waals surface area (Å²) in [6.07, 6.45) is 2.16. The molecule has 0 atom stereocenters. The van der Waals surface area contributed by atoms with Crippen molar-refractivity contribution in [1.29, 1.82) is 0 Å². The summed E-state index contributed by atoms with van der Waals surface area (Å²) in [5.41, 5.74) is 3.25. The molecule has 4 nitrogen and oxygen atoms in total. The van der Waals surface area contributed by atoms with Crippen molar-refractivity contribution < 1.29 is 4.74 Å². The van der Waals surface area contributed by atoms with Crippen molar-refractivity contribution >= 4 is 5.82 Å². The topological polar surface area (TPSA) is 47.0 Å². The second kappa shape index (κ2) is 4.64. The van der Waals surface area contributed by atoms with Gasteiger partial charge in [-0.25, -0.2) is 0 Å².